The molecule has 2 aromatic carbocycles. The lowest BCUT2D eigenvalue weighted by Crippen LogP contribution is -2.51. The Morgan fingerprint density at radius 3 is 2.06 bits per heavy atom. The summed E-state index contributed by atoms with van der Waals surface area (Å²) in [6.45, 7) is 4.38. The predicted octanol–water partition coefficient (Wildman–Crippen LogP) is 2.73. The fraction of sp³-hybridized carbons (Fsp3) is 0.464. The summed E-state index contributed by atoms with van der Waals surface area (Å²) in [5.41, 5.74) is 10.4. The van der Waals surface area contributed by atoms with E-state index in [-0.39, 0.29) is 17.7 Å². The van der Waals surface area contributed by atoms with E-state index in [0.717, 1.165) is 23.1 Å². The maximum absolute atomic E-state index is 13.5. The monoisotopic (exact) mass is 496 g/mol. The highest BCUT2D eigenvalue weighted by atomic mass is 16.5. The molecule has 2 aromatic rings. The highest BCUT2D eigenvalue weighted by molar-refractivity contribution is 5.91. The van der Waals surface area contributed by atoms with Crippen LogP contribution in [0.25, 0.3) is 0 Å². The normalized spacial score (nSPS) is 13.5. The molecule has 196 valence electrons. The zero-order chi connectivity index (χ0) is 26.5. The first-order valence-corrected chi connectivity index (χ1v) is 12.6. The van der Waals surface area contributed by atoms with Gasteiger partial charge in [0.15, 0.2) is 0 Å². The van der Waals surface area contributed by atoms with Crippen LogP contribution in [0.3, 0.4) is 0 Å². The molecule has 8 nitrogen and oxygen atoms in total. The van der Waals surface area contributed by atoms with E-state index in [1.54, 1.807) is 5.48 Å². The second kappa shape index (κ2) is 15.0. The molecule has 0 aromatic heterocycles. The Hall–Kier alpha value is -3.23. The molecule has 0 saturated carbocycles. The molecule has 3 atom stereocenters. The maximum atomic E-state index is 13.5. The first-order valence-electron chi connectivity index (χ1n) is 12.6. The molecule has 0 aliphatic rings. The summed E-state index contributed by atoms with van der Waals surface area (Å²) in [5, 5.41) is 14.9. The van der Waals surface area contributed by atoms with Gasteiger partial charge in [-0.3, -0.25) is 19.6 Å². The van der Waals surface area contributed by atoms with E-state index in [0.29, 0.717) is 32.2 Å². The van der Waals surface area contributed by atoms with Gasteiger partial charge in [0, 0.05) is 25.9 Å². The SMILES string of the molecule is CNC(=O)[C@H](Cc1ccc(CN)cc1)NC(=O)[C@H](CC(C)C)[C@@H](CCCc1ccccc1)C(=O)NO. The van der Waals surface area contributed by atoms with E-state index in [4.69, 9.17) is 5.73 Å². The zero-order valence-electron chi connectivity index (χ0n) is 21.5. The molecule has 6 N–H and O–H groups in total. The van der Waals surface area contributed by atoms with Gasteiger partial charge in [0.25, 0.3) is 0 Å². The van der Waals surface area contributed by atoms with Crippen LogP contribution in [-0.4, -0.2) is 36.0 Å². The standard InChI is InChI=1S/C28H40N4O4/c1-19(2)16-24(23(27(34)32-36)11-7-10-20-8-5-4-6-9-20)26(33)31-25(28(35)30-3)17-21-12-14-22(18-29)15-13-21/h4-6,8-9,12-15,19,23-25,36H,7,10-11,16-18,29H2,1-3H3,(H,30,35)(H,31,33)(H,32,34)/t23-,24-,25+/m1/s1. The van der Waals surface area contributed by atoms with Crippen molar-refractivity contribution in [3.05, 3.63) is 71.3 Å². The van der Waals surface area contributed by atoms with E-state index < -0.39 is 23.8 Å². The third kappa shape index (κ3) is 9.09. The minimum Gasteiger partial charge on any atom is -0.357 e. The number of nitrogens with one attached hydrogen (secondary N) is 3. The summed E-state index contributed by atoms with van der Waals surface area (Å²) in [7, 11) is 1.52. The van der Waals surface area contributed by atoms with E-state index in [1.165, 1.54) is 7.05 Å². The molecule has 0 unspecified atom stereocenters. The number of nitrogens with two attached hydrogens (primary N) is 1. The molecule has 0 spiro atoms. The topological polar surface area (TPSA) is 134 Å². The van der Waals surface area contributed by atoms with Crippen LogP contribution in [0.5, 0.6) is 0 Å². The Morgan fingerprint density at radius 1 is 0.861 bits per heavy atom. The lowest BCUT2D eigenvalue weighted by molar-refractivity contribution is -0.142. The fourth-order valence-electron chi connectivity index (χ4n) is 4.44. The molecule has 0 bridgehead atoms. The first kappa shape index (κ1) is 29.0. The molecule has 0 saturated heterocycles. The summed E-state index contributed by atoms with van der Waals surface area (Å²) in [6, 6.07) is 16.7. The van der Waals surface area contributed by atoms with Gasteiger partial charge in [-0.2, -0.15) is 0 Å². The Kier molecular flexibility index (Phi) is 12.1. The molecule has 0 radical (unpaired) electrons. The summed E-state index contributed by atoms with van der Waals surface area (Å²) in [5.74, 6) is -2.56. The van der Waals surface area contributed by atoms with Crippen molar-refractivity contribution >= 4 is 17.7 Å². The van der Waals surface area contributed by atoms with Crippen molar-refractivity contribution in [1.82, 2.24) is 16.1 Å². The van der Waals surface area contributed by atoms with Crippen LogP contribution in [0, 0.1) is 17.8 Å². The van der Waals surface area contributed by atoms with Crippen molar-refractivity contribution in [3.8, 4) is 0 Å². The highest BCUT2D eigenvalue weighted by Crippen LogP contribution is 2.27. The largest absolute Gasteiger partial charge is 0.357 e. The van der Waals surface area contributed by atoms with Crippen LogP contribution in [0.2, 0.25) is 0 Å². The Balaban J connectivity index is 2.20. The number of rotatable bonds is 14. The number of hydrogen-bond acceptors (Lipinski definition) is 5. The Labute approximate surface area is 214 Å². The number of aryl methyl sites for hydroxylation is 1. The van der Waals surface area contributed by atoms with E-state index in [1.807, 2.05) is 68.4 Å². The molecule has 0 heterocycles. The van der Waals surface area contributed by atoms with Crippen molar-refractivity contribution < 1.29 is 19.6 Å². The van der Waals surface area contributed by atoms with Crippen LogP contribution in [-0.2, 0) is 33.8 Å². The van der Waals surface area contributed by atoms with Gasteiger partial charge < -0.3 is 16.4 Å². The Bertz CT molecular complexity index is 963. The summed E-state index contributed by atoms with van der Waals surface area (Å²) >= 11 is 0. The van der Waals surface area contributed by atoms with Crippen LogP contribution in [0.15, 0.2) is 54.6 Å². The van der Waals surface area contributed by atoms with Gasteiger partial charge in [-0.1, -0.05) is 68.4 Å². The van der Waals surface area contributed by atoms with Gasteiger partial charge in [-0.25, -0.2) is 5.48 Å². The molecule has 3 amide bonds. The fourth-order valence-corrected chi connectivity index (χ4v) is 4.44. The van der Waals surface area contributed by atoms with Crippen LogP contribution >= 0.6 is 0 Å². The molecule has 8 heteroatoms. The number of carbonyl (C=O) groups is 3. The van der Waals surface area contributed by atoms with Crippen LogP contribution in [0.4, 0.5) is 0 Å². The van der Waals surface area contributed by atoms with Gasteiger partial charge in [-0.15, -0.1) is 0 Å². The molecular formula is C28H40N4O4. The Morgan fingerprint density at radius 2 is 1.50 bits per heavy atom. The lowest BCUT2D eigenvalue weighted by atomic mass is 9.80. The number of amides is 3. The van der Waals surface area contributed by atoms with Crippen molar-refractivity contribution in [3.63, 3.8) is 0 Å². The third-order valence-corrected chi connectivity index (χ3v) is 6.40. The number of likely N-dealkylation sites (N-methyl/N-ethyl adjacent to an activating group) is 1. The minimum absolute atomic E-state index is 0.131. The van der Waals surface area contributed by atoms with Gasteiger partial charge in [0.05, 0.1) is 5.92 Å². The van der Waals surface area contributed by atoms with Gasteiger partial charge >= 0.3 is 0 Å². The van der Waals surface area contributed by atoms with Gasteiger partial charge in [0.2, 0.25) is 17.7 Å². The smallest absolute Gasteiger partial charge is 0.247 e. The summed E-state index contributed by atoms with van der Waals surface area (Å²) in [6.07, 6.45) is 2.61. The van der Waals surface area contributed by atoms with E-state index >= 15 is 0 Å². The van der Waals surface area contributed by atoms with Crippen molar-refractivity contribution in [2.45, 2.75) is 58.5 Å². The average molecular weight is 497 g/mol. The molecule has 36 heavy (non-hydrogen) atoms. The second-order valence-electron chi connectivity index (χ2n) is 9.60. The molecule has 0 fully saturated rings. The highest BCUT2D eigenvalue weighted by Gasteiger charge is 2.35. The molecule has 0 aliphatic carbocycles. The minimum atomic E-state index is -0.803. The number of carbonyl (C=O) groups excluding carboxylic acids is 3. The van der Waals surface area contributed by atoms with Crippen molar-refractivity contribution in [2.24, 2.45) is 23.5 Å². The number of benzene rings is 2. The van der Waals surface area contributed by atoms with Crippen molar-refractivity contribution in [1.29, 1.82) is 0 Å². The zero-order valence-corrected chi connectivity index (χ0v) is 21.5. The van der Waals surface area contributed by atoms with Crippen molar-refractivity contribution in [2.75, 3.05) is 7.05 Å². The molecule has 0 aliphatic heterocycles. The molecule has 2 rings (SSSR count). The second-order valence-corrected chi connectivity index (χ2v) is 9.60. The van der Waals surface area contributed by atoms with E-state index in [2.05, 4.69) is 10.6 Å². The first-order chi connectivity index (χ1) is 17.3. The number of hydrogen-bond donors (Lipinski definition) is 5. The third-order valence-electron chi connectivity index (χ3n) is 6.40. The van der Waals surface area contributed by atoms with Crippen LogP contribution < -0.4 is 21.8 Å². The average Bonchev–Trinajstić information content (AvgIpc) is 2.89. The van der Waals surface area contributed by atoms with Crippen LogP contribution in [0.1, 0.15) is 49.8 Å². The van der Waals surface area contributed by atoms with Gasteiger partial charge in [-0.05, 0) is 48.3 Å². The lowest BCUT2D eigenvalue weighted by Gasteiger charge is -2.28. The molecular weight excluding hydrogens is 456 g/mol. The predicted molar refractivity (Wildman–Crippen MR) is 140 cm³/mol. The van der Waals surface area contributed by atoms with Gasteiger partial charge in [0.1, 0.15) is 6.04 Å². The summed E-state index contributed by atoms with van der Waals surface area (Å²) < 4.78 is 0. The summed E-state index contributed by atoms with van der Waals surface area (Å²) in [4.78, 5) is 38.8. The van der Waals surface area contributed by atoms with E-state index in [9.17, 15) is 19.6 Å². The maximum Gasteiger partial charge on any atom is 0.247 e. The quantitative estimate of drug-likeness (QED) is 0.203. The number of hydroxylamine groups is 1.